The Morgan fingerprint density at radius 1 is 1.13 bits per heavy atom. The minimum Gasteiger partial charge on any atom is -0.495 e. The highest BCUT2D eigenvalue weighted by atomic mass is 16.5. The van der Waals surface area contributed by atoms with Gasteiger partial charge in [-0.1, -0.05) is 63.6 Å². The molecule has 132 valence electrons. The van der Waals surface area contributed by atoms with E-state index < -0.39 is 0 Å². The molecule has 0 aliphatic heterocycles. The fourth-order valence-electron chi connectivity index (χ4n) is 1.88. The summed E-state index contributed by atoms with van der Waals surface area (Å²) in [5.74, 6) is 1.16. The number of allylic oxidation sites excluding steroid dienone is 3. The van der Waals surface area contributed by atoms with Gasteiger partial charge in [-0.25, -0.2) is 0 Å². The maximum atomic E-state index is 6.04. The summed E-state index contributed by atoms with van der Waals surface area (Å²) in [6.45, 7) is 18.1. The minimum absolute atomic E-state index is 0.244. The summed E-state index contributed by atoms with van der Waals surface area (Å²) >= 11 is 0. The Hall–Kier alpha value is -1.50. The predicted octanol–water partition coefficient (Wildman–Crippen LogP) is 7.34. The van der Waals surface area contributed by atoms with Crippen LogP contribution < -0.4 is 0 Å². The zero-order valence-electron chi connectivity index (χ0n) is 16.5. The Balaban J connectivity index is 0. The smallest absolute Gasteiger partial charge is 0.0994 e. The lowest BCUT2D eigenvalue weighted by Gasteiger charge is -2.18. The molecule has 1 heteroatoms. The molecule has 0 amide bonds. The molecule has 0 fully saturated rings. The molecule has 0 aliphatic rings. The Kier molecular flexibility index (Phi) is 17.4. The van der Waals surface area contributed by atoms with Crippen LogP contribution in [-0.2, 0) is 11.2 Å². The van der Waals surface area contributed by atoms with Crippen LogP contribution in [0, 0.1) is 0 Å². The maximum absolute atomic E-state index is 6.04. The molecular formula is C22H38O. The lowest BCUT2D eigenvalue weighted by atomic mass is 10.1. The van der Waals surface area contributed by atoms with Crippen molar-refractivity contribution in [2.24, 2.45) is 0 Å². The lowest BCUT2D eigenvalue weighted by molar-refractivity contribution is 0.121. The van der Waals surface area contributed by atoms with Crippen molar-refractivity contribution < 1.29 is 4.74 Å². The van der Waals surface area contributed by atoms with E-state index in [1.54, 1.807) is 6.08 Å². The monoisotopic (exact) mass is 318 g/mol. The van der Waals surface area contributed by atoms with E-state index in [1.807, 2.05) is 13.0 Å². The van der Waals surface area contributed by atoms with Gasteiger partial charge in [0.2, 0.25) is 0 Å². The third kappa shape index (κ3) is 15.2. The van der Waals surface area contributed by atoms with Gasteiger partial charge in [-0.3, -0.25) is 0 Å². The molecule has 0 spiro atoms. The van der Waals surface area contributed by atoms with E-state index in [9.17, 15) is 0 Å². The first-order chi connectivity index (χ1) is 11.0. The van der Waals surface area contributed by atoms with Crippen molar-refractivity contribution in [2.45, 2.75) is 80.3 Å². The lowest BCUT2D eigenvalue weighted by Crippen LogP contribution is -2.12. The Morgan fingerprint density at radius 3 is 2.00 bits per heavy atom. The molecule has 0 radical (unpaired) electrons. The number of rotatable bonds is 6. The van der Waals surface area contributed by atoms with Gasteiger partial charge in [-0.15, -0.1) is 6.58 Å². The van der Waals surface area contributed by atoms with Crippen LogP contribution in [0.1, 0.15) is 73.3 Å². The standard InChI is InChI=1S/C16H24O.C3H8.C3H6/c1-5-9-16(13(2)3)17-14(4)12-15-10-7-6-8-11-15;2*1-3-2/h6-8,10-11,14H,5,9,12H2,1-4H3;3H2,1-2H3;3H,1H2,2H3. The molecule has 1 nitrogen and oxygen atoms in total. The number of hydrogen-bond donors (Lipinski definition) is 0. The van der Waals surface area contributed by atoms with E-state index in [-0.39, 0.29) is 6.10 Å². The van der Waals surface area contributed by atoms with Gasteiger partial charge in [0.05, 0.1) is 11.9 Å². The van der Waals surface area contributed by atoms with Gasteiger partial charge < -0.3 is 4.74 Å². The summed E-state index contributed by atoms with van der Waals surface area (Å²) in [7, 11) is 0. The maximum Gasteiger partial charge on any atom is 0.0994 e. The van der Waals surface area contributed by atoms with Crippen LogP contribution in [0.15, 0.2) is 54.3 Å². The van der Waals surface area contributed by atoms with Crippen molar-refractivity contribution in [1.82, 2.24) is 0 Å². The molecule has 0 bridgehead atoms. The fraction of sp³-hybridized carbons (Fsp3) is 0.545. The summed E-state index contributed by atoms with van der Waals surface area (Å²) in [5.41, 5.74) is 2.64. The van der Waals surface area contributed by atoms with Crippen LogP contribution in [0.3, 0.4) is 0 Å². The first-order valence-electron chi connectivity index (χ1n) is 8.90. The Bertz CT molecular complexity index is 399. The van der Waals surface area contributed by atoms with Crippen molar-refractivity contribution in [3.63, 3.8) is 0 Å². The Morgan fingerprint density at radius 2 is 1.61 bits per heavy atom. The molecular weight excluding hydrogens is 280 g/mol. The summed E-state index contributed by atoms with van der Waals surface area (Å²) in [6.07, 6.45) is 6.40. The second-order valence-corrected chi connectivity index (χ2v) is 5.91. The second-order valence-electron chi connectivity index (χ2n) is 5.91. The van der Waals surface area contributed by atoms with Crippen LogP contribution in [0.2, 0.25) is 0 Å². The SMILES string of the molecule is C=CC.CCC.CCCC(OC(C)Cc1ccccc1)=C(C)C. The summed E-state index contributed by atoms with van der Waals surface area (Å²) in [6, 6.07) is 10.5. The van der Waals surface area contributed by atoms with Crippen molar-refractivity contribution in [1.29, 1.82) is 0 Å². The molecule has 23 heavy (non-hydrogen) atoms. The largest absolute Gasteiger partial charge is 0.495 e. The number of benzene rings is 1. The molecule has 1 aromatic carbocycles. The second kappa shape index (κ2) is 16.9. The zero-order valence-corrected chi connectivity index (χ0v) is 16.5. The average molecular weight is 319 g/mol. The highest BCUT2D eigenvalue weighted by molar-refractivity contribution is 5.15. The number of ether oxygens (including phenoxy) is 1. The minimum atomic E-state index is 0.244. The molecule has 0 saturated carbocycles. The molecule has 0 saturated heterocycles. The van der Waals surface area contributed by atoms with Crippen LogP contribution in [0.25, 0.3) is 0 Å². The van der Waals surface area contributed by atoms with E-state index in [1.165, 1.54) is 17.6 Å². The average Bonchev–Trinajstić information content (AvgIpc) is 2.49. The van der Waals surface area contributed by atoms with Gasteiger partial charge in [-0.05, 0) is 45.3 Å². The van der Waals surface area contributed by atoms with Gasteiger partial charge in [0.1, 0.15) is 0 Å². The first kappa shape index (κ1) is 23.8. The van der Waals surface area contributed by atoms with E-state index >= 15 is 0 Å². The molecule has 1 atom stereocenters. The van der Waals surface area contributed by atoms with E-state index in [0.717, 1.165) is 25.0 Å². The normalized spacial score (nSPS) is 10.2. The van der Waals surface area contributed by atoms with E-state index in [0.29, 0.717) is 0 Å². The van der Waals surface area contributed by atoms with Crippen LogP contribution in [0.5, 0.6) is 0 Å². The fourth-order valence-corrected chi connectivity index (χ4v) is 1.88. The highest BCUT2D eigenvalue weighted by Crippen LogP contribution is 2.16. The molecule has 1 rings (SSSR count). The zero-order chi connectivity index (χ0) is 18.1. The summed E-state index contributed by atoms with van der Waals surface area (Å²) < 4.78 is 6.04. The van der Waals surface area contributed by atoms with Gasteiger partial charge in [0.25, 0.3) is 0 Å². The predicted molar refractivity (Wildman–Crippen MR) is 106 cm³/mol. The van der Waals surface area contributed by atoms with Crippen molar-refractivity contribution in [2.75, 3.05) is 0 Å². The number of hydrogen-bond acceptors (Lipinski definition) is 1. The summed E-state index contributed by atoms with van der Waals surface area (Å²) in [5, 5.41) is 0. The third-order valence-corrected chi connectivity index (χ3v) is 2.74. The molecule has 0 N–H and O–H groups in total. The van der Waals surface area contributed by atoms with Gasteiger partial charge >= 0.3 is 0 Å². The first-order valence-corrected chi connectivity index (χ1v) is 8.90. The van der Waals surface area contributed by atoms with Gasteiger partial charge in [0.15, 0.2) is 0 Å². The molecule has 0 heterocycles. The van der Waals surface area contributed by atoms with Gasteiger partial charge in [-0.2, -0.15) is 0 Å². The molecule has 0 aromatic heterocycles. The highest BCUT2D eigenvalue weighted by Gasteiger charge is 2.08. The van der Waals surface area contributed by atoms with E-state index in [4.69, 9.17) is 4.74 Å². The van der Waals surface area contributed by atoms with Crippen LogP contribution in [-0.4, -0.2) is 6.10 Å². The van der Waals surface area contributed by atoms with Crippen molar-refractivity contribution in [3.8, 4) is 0 Å². The summed E-state index contributed by atoms with van der Waals surface area (Å²) in [4.78, 5) is 0. The van der Waals surface area contributed by atoms with Crippen molar-refractivity contribution >= 4 is 0 Å². The Labute approximate surface area is 145 Å². The van der Waals surface area contributed by atoms with Gasteiger partial charge in [0, 0.05) is 12.8 Å². The van der Waals surface area contributed by atoms with Crippen LogP contribution >= 0.6 is 0 Å². The van der Waals surface area contributed by atoms with Crippen molar-refractivity contribution in [3.05, 3.63) is 59.9 Å². The molecule has 0 aliphatic carbocycles. The van der Waals surface area contributed by atoms with E-state index in [2.05, 4.69) is 72.4 Å². The van der Waals surface area contributed by atoms with Crippen LogP contribution in [0.4, 0.5) is 0 Å². The molecule has 1 unspecified atom stereocenters. The topological polar surface area (TPSA) is 9.23 Å². The quantitative estimate of drug-likeness (QED) is 0.394. The molecule has 1 aromatic rings. The third-order valence-electron chi connectivity index (χ3n) is 2.74.